The van der Waals surface area contributed by atoms with Crippen molar-refractivity contribution >= 4 is 0 Å². The molecule has 0 saturated carbocycles. The van der Waals surface area contributed by atoms with Gasteiger partial charge < -0.3 is 15.3 Å². The van der Waals surface area contributed by atoms with Crippen molar-refractivity contribution in [1.29, 1.82) is 0 Å². The van der Waals surface area contributed by atoms with E-state index in [0.717, 1.165) is 45.8 Å². The molecule has 1 saturated heterocycles. The molecule has 1 aliphatic heterocycles. The lowest BCUT2D eigenvalue weighted by Crippen LogP contribution is -2.50. The molecule has 0 aromatic rings. The number of hydrogen-bond acceptors (Lipinski definition) is 4. The molecule has 1 aliphatic rings. The van der Waals surface area contributed by atoms with Crippen LogP contribution in [0.1, 0.15) is 13.8 Å². The minimum Gasteiger partial charge on any atom is -0.395 e. The summed E-state index contributed by atoms with van der Waals surface area (Å²) >= 11 is 0. The Bertz CT molecular complexity index is 189. The summed E-state index contributed by atoms with van der Waals surface area (Å²) in [6, 6.07) is 0. The Morgan fingerprint density at radius 3 is 2.19 bits per heavy atom. The molecule has 1 fully saturated rings. The third-order valence-electron chi connectivity index (χ3n) is 3.19. The fourth-order valence-corrected chi connectivity index (χ4v) is 2.45. The highest BCUT2D eigenvalue weighted by molar-refractivity contribution is 4.79. The summed E-state index contributed by atoms with van der Waals surface area (Å²) in [6.07, 6.45) is 0. The molecular formula is C12H27N3O. The van der Waals surface area contributed by atoms with Gasteiger partial charge in [-0.25, -0.2) is 0 Å². The lowest BCUT2D eigenvalue weighted by Gasteiger charge is -2.38. The van der Waals surface area contributed by atoms with Crippen LogP contribution in [0.25, 0.3) is 0 Å². The predicted octanol–water partition coefficient (Wildman–Crippen LogP) is -0.158. The minimum atomic E-state index is 0.283. The number of rotatable bonds is 6. The zero-order chi connectivity index (χ0) is 12.0. The van der Waals surface area contributed by atoms with E-state index in [9.17, 15) is 0 Å². The number of nitrogens with one attached hydrogen (secondary N) is 1. The van der Waals surface area contributed by atoms with Gasteiger partial charge in [0.25, 0.3) is 0 Å². The average Bonchev–Trinajstić information content (AvgIpc) is 2.21. The molecule has 96 valence electrons. The first-order valence-corrected chi connectivity index (χ1v) is 6.27. The van der Waals surface area contributed by atoms with Gasteiger partial charge in [-0.1, -0.05) is 13.8 Å². The molecule has 0 unspecified atom stereocenters. The molecule has 2 N–H and O–H groups in total. The number of β-amino-alcohol motifs (C(OH)–C–C–N with tert-alkyl or cyclic N) is 1. The Morgan fingerprint density at radius 1 is 1.12 bits per heavy atom. The maximum absolute atomic E-state index is 8.88. The van der Waals surface area contributed by atoms with Crippen LogP contribution < -0.4 is 5.32 Å². The van der Waals surface area contributed by atoms with Gasteiger partial charge in [-0.05, 0) is 12.5 Å². The van der Waals surface area contributed by atoms with Crippen molar-refractivity contribution in [3.8, 4) is 0 Å². The van der Waals surface area contributed by atoms with Crippen LogP contribution in [0.4, 0.5) is 0 Å². The van der Waals surface area contributed by atoms with E-state index in [2.05, 4.69) is 29.0 Å². The molecule has 1 heterocycles. The van der Waals surface area contributed by atoms with Gasteiger partial charge >= 0.3 is 0 Å². The van der Waals surface area contributed by atoms with Crippen LogP contribution in [0.2, 0.25) is 0 Å². The van der Waals surface area contributed by atoms with Gasteiger partial charge in [0.15, 0.2) is 0 Å². The van der Waals surface area contributed by atoms with Crippen LogP contribution in [-0.4, -0.2) is 74.4 Å². The van der Waals surface area contributed by atoms with E-state index in [-0.39, 0.29) is 6.61 Å². The molecule has 0 aromatic carbocycles. The van der Waals surface area contributed by atoms with E-state index in [1.54, 1.807) is 0 Å². The van der Waals surface area contributed by atoms with Crippen LogP contribution in [0.3, 0.4) is 0 Å². The normalized spacial score (nSPS) is 20.2. The van der Waals surface area contributed by atoms with Gasteiger partial charge in [-0.15, -0.1) is 0 Å². The van der Waals surface area contributed by atoms with E-state index >= 15 is 0 Å². The Balaban J connectivity index is 2.26. The van der Waals surface area contributed by atoms with Crippen molar-refractivity contribution in [3.63, 3.8) is 0 Å². The smallest absolute Gasteiger partial charge is 0.0558 e. The van der Waals surface area contributed by atoms with Crippen molar-refractivity contribution in [1.82, 2.24) is 15.1 Å². The second-order valence-corrected chi connectivity index (χ2v) is 5.54. The van der Waals surface area contributed by atoms with Gasteiger partial charge in [-0.2, -0.15) is 0 Å². The molecule has 0 bridgehead atoms. The van der Waals surface area contributed by atoms with E-state index < -0.39 is 0 Å². The minimum absolute atomic E-state index is 0.283. The van der Waals surface area contributed by atoms with Crippen LogP contribution >= 0.6 is 0 Å². The highest BCUT2D eigenvalue weighted by Gasteiger charge is 2.23. The molecule has 4 heteroatoms. The van der Waals surface area contributed by atoms with E-state index in [0.29, 0.717) is 5.41 Å². The quantitative estimate of drug-likeness (QED) is 0.664. The maximum atomic E-state index is 8.88. The summed E-state index contributed by atoms with van der Waals surface area (Å²) in [4.78, 5) is 4.87. The second-order valence-electron chi connectivity index (χ2n) is 5.54. The van der Waals surface area contributed by atoms with Gasteiger partial charge in [0.05, 0.1) is 6.61 Å². The molecule has 0 atom stereocenters. The summed E-state index contributed by atoms with van der Waals surface area (Å²) in [6.45, 7) is 12.4. The van der Waals surface area contributed by atoms with Crippen LogP contribution in [0, 0.1) is 5.41 Å². The molecule has 0 aliphatic carbocycles. The lowest BCUT2D eigenvalue weighted by molar-refractivity contribution is 0.0856. The SMILES string of the molecule is CNCC(C)(C)CN1CCN(CCO)CC1. The highest BCUT2D eigenvalue weighted by Crippen LogP contribution is 2.16. The molecule has 0 radical (unpaired) electrons. The van der Waals surface area contributed by atoms with Gasteiger partial charge in [0.2, 0.25) is 0 Å². The Hall–Kier alpha value is -0.160. The third-order valence-corrected chi connectivity index (χ3v) is 3.19. The largest absolute Gasteiger partial charge is 0.395 e. The summed E-state index contributed by atoms with van der Waals surface area (Å²) in [5, 5.41) is 12.1. The van der Waals surface area contributed by atoms with Crippen molar-refractivity contribution in [2.75, 3.05) is 59.5 Å². The molecule has 0 amide bonds. The topological polar surface area (TPSA) is 38.7 Å². The fourth-order valence-electron chi connectivity index (χ4n) is 2.45. The van der Waals surface area contributed by atoms with Crippen LogP contribution in [-0.2, 0) is 0 Å². The molecular weight excluding hydrogens is 202 g/mol. The zero-order valence-corrected chi connectivity index (χ0v) is 11.0. The van der Waals surface area contributed by atoms with Crippen LogP contribution in [0.15, 0.2) is 0 Å². The van der Waals surface area contributed by atoms with Gasteiger partial charge in [0.1, 0.15) is 0 Å². The van der Waals surface area contributed by atoms with E-state index in [1.165, 1.54) is 0 Å². The standard InChI is InChI=1S/C12H27N3O/c1-12(2,10-13-3)11-15-6-4-14(5-7-15)8-9-16/h13,16H,4-11H2,1-3H3. The molecule has 0 spiro atoms. The summed E-state index contributed by atoms with van der Waals surface area (Å²) < 4.78 is 0. The van der Waals surface area contributed by atoms with E-state index in [1.807, 2.05) is 7.05 Å². The highest BCUT2D eigenvalue weighted by atomic mass is 16.3. The number of nitrogens with zero attached hydrogens (tertiary/aromatic N) is 2. The maximum Gasteiger partial charge on any atom is 0.0558 e. The molecule has 4 nitrogen and oxygen atoms in total. The fraction of sp³-hybridized carbons (Fsp3) is 1.00. The predicted molar refractivity (Wildman–Crippen MR) is 67.7 cm³/mol. The van der Waals surface area contributed by atoms with Gasteiger partial charge in [0, 0.05) is 45.8 Å². The number of piperazine rings is 1. The van der Waals surface area contributed by atoms with Gasteiger partial charge in [-0.3, -0.25) is 4.90 Å². The summed E-state index contributed by atoms with van der Waals surface area (Å²) in [5.41, 5.74) is 0.341. The lowest BCUT2D eigenvalue weighted by atomic mass is 9.92. The molecule has 1 rings (SSSR count). The van der Waals surface area contributed by atoms with Crippen molar-refractivity contribution < 1.29 is 5.11 Å². The van der Waals surface area contributed by atoms with E-state index in [4.69, 9.17) is 5.11 Å². The Kier molecular flexibility index (Phi) is 5.69. The average molecular weight is 229 g/mol. The first kappa shape index (κ1) is 13.9. The van der Waals surface area contributed by atoms with Crippen molar-refractivity contribution in [2.45, 2.75) is 13.8 Å². The molecule has 0 aromatic heterocycles. The number of aliphatic hydroxyl groups excluding tert-OH is 1. The first-order chi connectivity index (χ1) is 7.57. The monoisotopic (exact) mass is 229 g/mol. The summed E-state index contributed by atoms with van der Waals surface area (Å²) in [5.74, 6) is 0. The van der Waals surface area contributed by atoms with Crippen molar-refractivity contribution in [2.24, 2.45) is 5.41 Å². The Morgan fingerprint density at radius 2 is 1.69 bits per heavy atom. The zero-order valence-electron chi connectivity index (χ0n) is 11.0. The third kappa shape index (κ3) is 4.78. The molecule has 16 heavy (non-hydrogen) atoms. The number of aliphatic hydroxyl groups is 1. The van der Waals surface area contributed by atoms with Crippen molar-refractivity contribution in [3.05, 3.63) is 0 Å². The first-order valence-electron chi connectivity index (χ1n) is 6.27. The van der Waals surface area contributed by atoms with Crippen LogP contribution in [0.5, 0.6) is 0 Å². The second kappa shape index (κ2) is 6.55. The Labute approximate surface area is 99.6 Å². The summed E-state index contributed by atoms with van der Waals surface area (Å²) in [7, 11) is 2.01. The number of hydrogen-bond donors (Lipinski definition) is 2.